The van der Waals surface area contributed by atoms with Gasteiger partial charge in [-0.25, -0.2) is 10.2 Å². The molecule has 16 heavy (non-hydrogen) atoms. The number of halogens is 1. The second kappa shape index (κ2) is 5.46. The van der Waals surface area contributed by atoms with Crippen LogP contribution in [-0.2, 0) is 4.79 Å². The first-order valence-electron chi connectivity index (χ1n) is 5.01. The number of nitrogens with one attached hydrogen (secondary N) is 1. The first kappa shape index (κ1) is 12.4. The highest BCUT2D eigenvalue weighted by atomic mass is 19.1. The number of hydrogen-bond donors (Lipinski definition) is 2. The summed E-state index contributed by atoms with van der Waals surface area (Å²) in [5, 5.41) is 0. The molecule has 0 saturated heterocycles. The zero-order valence-electron chi connectivity index (χ0n) is 9.29. The Balaban J connectivity index is 2.82. The van der Waals surface area contributed by atoms with Crippen molar-refractivity contribution in [3.05, 3.63) is 29.6 Å². The molecule has 5 heteroatoms. The topological polar surface area (TPSA) is 64.3 Å². The van der Waals surface area contributed by atoms with Crippen LogP contribution in [0.1, 0.15) is 18.9 Å². The minimum Gasteiger partial charge on any atom is -0.480 e. The molecule has 0 aliphatic heterocycles. The lowest BCUT2D eigenvalue weighted by Crippen LogP contribution is -2.41. The molecule has 0 radical (unpaired) electrons. The Hall–Kier alpha value is -1.62. The van der Waals surface area contributed by atoms with Gasteiger partial charge in [0, 0.05) is 0 Å². The van der Waals surface area contributed by atoms with Crippen LogP contribution in [0.2, 0.25) is 0 Å². The summed E-state index contributed by atoms with van der Waals surface area (Å²) in [4.78, 5) is 11.3. The largest absolute Gasteiger partial charge is 0.480 e. The summed E-state index contributed by atoms with van der Waals surface area (Å²) in [5.41, 5.74) is 2.67. The van der Waals surface area contributed by atoms with Gasteiger partial charge in [0.1, 0.15) is 11.6 Å². The van der Waals surface area contributed by atoms with Gasteiger partial charge in [-0.1, -0.05) is 6.92 Å². The molecule has 4 nitrogen and oxygen atoms in total. The van der Waals surface area contributed by atoms with E-state index in [2.05, 4.69) is 0 Å². The third kappa shape index (κ3) is 2.93. The maximum Gasteiger partial charge on any atom is 0.274 e. The highest BCUT2D eigenvalue weighted by Gasteiger charge is 2.17. The average molecular weight is 226 g/mol. The lowest BCUT2D eigenvalue weighted by molar-refractivity contribution is -0.128. The molecule has 0 spiro atoms. The molecule has 0 heterocycles. The van der Waals surface area contributed by atoms with Gasteiger partial charge in [-0.3, -0.25) is 10.2 Å². The molecule has 0 saturated carbocycles. The molecule has 1 atom stereocenters. The Bertz CT molecular complexity index is 382. The fourth-order valence-electron chi connectivity index (χ4n) is 1.31. The Morgan fingerprint density at radius 3 is 2.81 bits per heavy atom. The van der Waals surface area contributed by atoms with E-state index in [9.17, 15) is 9.18 Å². The van der Waals surface area contributed by atoms with Gasteiger partial charge in [0.05, 0.1) is 0 Å². The van der Waals surface area contributed by atoms with Crippen molar-refractivity contribution in [2.45, 2.75) is 26.4 Å². The molecule has 0 aliphatic rings. The van der Waals surface area contributed by atoms with Crippen molar-refractivity contribution in [1.29, 1.82) is 0 Å². The van der Waals surface area contributed by atoms with Crippen LogP contribution >= 0.6 is 0 Å². The van der Waals surface area contributed by atoms with Crippen LogP contribution in [0.15, 0.2) is 18.2 Å². The number of benzene rings is 1. The van der Waals surface area contributed by atoms with Gasteiger partial charge in [-0.05, 0) is 37.1 Å². The number of hydrazine groups is 1. The van der Waals surface area contributed by atoms with Crippen molar-refractivity contribution in [2.75, 3.05) is 0 Å². The summed E-state index contributed by atoms with van der Waals surface area (Å²) in [6.07, 6.45) is -0.172. The van der Waals surface area contributed by atoms with E-state index in [1.54, 1.807) is 13.8 Å². The maximum atomic E-state index is 12.8. The highest BCUT2D eigenvalue weighted by molar-refractivity contribution is 5.80. The zero-order chi connectivity index (χ0) is 12.1. The molecule has 1 amide bonds. The standard InChI is InChI=1S/C11H15FN2O2/c1-3-9(11(15)14-13)16-10-5-4-8(12)6-7(10)2/h4-6,9H,3,13H2,1-2H3,(H,14,15). The monoisotopic (exact) mass is 226 g/mol. The number of rotatable bonds is 4. The van der Waals surface area contributed by atoms with Gasteiger partial charge >= 0.3 is 0 Å². The highest BCUT2D eigenvalue weighted by Crippen LogP contribution is 2.20. The molecule has 0 bridgehead atoms. The SMILES string of the molecule is CCC(Oc1ccc(F)cc1C)C(=O)NN. The number of hydrogen-bond acceptors (Lipinski definition) is 3. The maximum absolute atomic E-state index is 12.8. The molecule has 3 N–H and O–H groups in total. The fourth-order valence-corrected chi connectivity index (χ4v) is 1.31. The normalized spacial score (nSPS) is 12.0. The average Bonchev–Trinajstić information content (AvgIpc) is 2.27. The second-order valence-electron chi connectivity index (χ2n) is 3.43. The van der Waals surface area contributed by atoms with Gasteiger partial charge in [-0.2, -0.15) is 0 Å². The molecule has 1 aromatic carbocycles. The van der Waals surface area contributed by atoms with Gasteiger partial charge in [0.25, 0.3) is 5.91 Å². The Kier molecular flexibility index (Phi) is 4.25. The number of aryl methyl sites for hydroxylation is 1. The Labute approximate surface area is 93.6 Å². The fraction of sp³-hybridized carbons (Fsp3) is 0.364. The van der Waals surface area contributed by atoms with Crippen molar-refractivity contribution in [1.82, 2.24) is 5.43 Å². The van der Waals surface area contributed by atoms with E-state index in [0.717, 1.165) is 0 Å². The predicted octanol–water partition coefficient (Wildman–Crippen LogP) is 1.28. The summed E-state index contributed by atoms with van der Waals surface area (Å²) in [5.74, 6) is 4.78. The molecule has 88 valence electrons. The Morgan fingerprint density at radius 2 is 2.31 bits per heavy atom. The first-order valence-corrected chi connectivity index (χ1v) is 5.01. The third-order valence-electron chi connectivity index (χ3n) is 2.21. The third-order valence-corrected chi connectivity index (χ3v) is 2.21. The zero-order valence-corrected chi connectivity index (χ0v) is 9.29. The smallest absolute Gasteiger partial charge is 0.274 e. The molecule has 0 aromatic heterocycles. The number of carbonyl (C=O) groups excluding carboxylic acids is 1. The van der Waals surface area contributed by atoms with Crippen LogP contribution < -0.4 is 16.0 Å². The van der Waals surface area contributed by atoms with Gasteiger partial charge in [0.2, 0.25) is 0 Å². The second-order valence-corrected chi connectivity index (χ2v) is 3.43. The van der Waals surface area contributed by atoms with E-state index in [1.165, 1.54) is 18.2 Å². The van der Waals surface area contributed by atoms with Gasteiger partial charge < -0.3 is 4.74 Å². The van der Waals surface area contributed by atoms with Crippen LogP contribution in [0.4, 0.5) is 4.39 Å². The Morgan fingerprint density at radius 1 is 1.62 bits per heavy atom. The van der Waals surface area contributed by atoms with Crippen LogP contribution in [0, 0.1) is 12.7 Å². The number of nitrogens with two attached hydrogens (primary N) is 1. The summed E-state index contributed by atoms with van der Waals surface area (Å²) >= 11 is 0. The van der Waals surface area contributed by atoms with Crippen molar-refractivity contribution >= 4 is 5.91 Å². The summed E-state index contributed by atoms with van der Waals surface area (Å²) in [7, 11) is 0. The summed E-state index contributed by atoms with van der Waals surface area (Å²) < 4.78 is 18.3. The minimum atomic E-state index is -0.658. The lowest BCUT2D eigenvalue weighted by atomic mass is 10.2. The molecule has 0 aliphatic carbocycles. The molecular weight excluding hydrogens is 211 g/mol. The van der Waals surface area contributed by atoms with E-state index in [0.29, 0.717) is 17.7 Å². The summed E-state index contributed by atoms with van der Waals surface area (Å²) in [6, 6.07) is 4.13. The van der Waals surface area contributed by atoms with Crippen molar-refractivity contribution in [3.8, 4) is 5.75 Å². The first-order chi connectivity index (χ1) is 7.58. The van der Waals surface area contributed by atoms with E-state index in [-0.39, 0.29) is 5.82 Å². The molecule has 1 rings (SSSR count). The lowest BCUT2D eigenvalue weighted by Gasteiger charge is -2.17. The van der Waals surface area contributed by atoms with E-state index in [1.807, 2.05) is 5.43 Å². The van der Waals surface area contributed by atoms with E-state index < -0.39 is 12.0 Å². The number of ether oxygens (including phenoxy) is 1. The van der Waals surface area contributed by atoms with Gasteiger partial charge in [0.15, 0.2) is 6.10 Å². The molecule has 1 unspecified atom stereocenters. The minimum absolute atomic E-state index is 0.332. The number of carbonyl (C=O) groups is 1. The quantitative estimate of drug-likeness (QED) is 0.462. The van der Waals surface area contributed by atoms with Crippen molar-refractivity contribution in [3.63, 3.8) is 0 Å². The molecular formula is C11H15FN2O2. The van der Waals surface area contributed by atoms with E-state index in [4.69, 9.17) is 10.6 Å². The van der Waals surface area contributed by atoms with Crippen LogP contribution in [-0.4, -0.2) is 12.0 Å². The van der Waals surface area contributed by atoms with Gasteiger partial charge in [-0.15, -0.1) is 0 Å². The van der Waals surface area contributed by atoms with Crippen molar-refractivity contribution in [2.24, 2.45) is 5.84 Å². The number of amides is 1. The van der Waals surface area contributed by atoms with Crippen LogP contribution in [0.5, 0.6) is 5.75 Å². The van der Waals surface area contributed by atoms with Crippen LogP contribution in [0.25, 0.3) is 0 Å². The van der Waals surface area contributed by atoms with Crippen LogP contribution in [0.3, 0.4) is 0 Å². The summed E-state index contributed by atoms with van der Waals surface area (Å²) in [6.45, 7) is 3.52. The van der Waals surface area contributed by atoms with E-state index >= 15 is 0 Å². The molecule has 1 aromatic rings. The molecule has 0 fully saturated rings. The predicted molar refractivity (Wildman–Crippen MR) is 58.2 cm³/mol. The van der Waals surface area contributed by atoms with Crippen molar-refractivity contribution < 1.29 is 13.9 Å².